The van der Waals surface area contributed by atoms with E-state index in [4.69, 9.17) is 0 Å². The van der Waals surface area contributed by atoms with Crippen LogP contribution >= 0.6 is 0 Å². The van der Waals surface area contributed by atoms with E-state index >= 15 is 0 Å². The minimum atomic E-state index is -0.224. The van der Waals surface area contributed by atoms with E-state index in [1.54, 1.807) is 12.1 Å². The molecular weight excluding hydrogens is 317 g/mol. The van der Waals surface area contributed by atoms with Gasteiger partial charge in [0, 0.05) is 51.0 Å². The van der Waals surface area contributed by atoms with Crippen LogP contribution in [0.15, 0.2) is 48.8 Å². The van der Waals surface area contributed by atoms with E-state index in [1.807, 2.05) is 29.4 Å². The van der Waals surface area contributed by atoms with Crippen molar-refractivity contribution in [3.63, 3.8) is 0 Å². The fourth-order valence-corrected chi connectivity index (χ4v) is 3.65. The maximum absolute atomic E-state index is 13.0. The molecule has 1 aromatic heterocycles. The first-order valence-electron chi connectivity index (χ1n) is 8.86. The normalized spacial score (nSPS) is 23.5. The molecule has 130 valence electrons. The fourth-order valence-electron chi connectivity index (χ4n) is 3.65. The van der Waals surface area contributed by atoms with Crippen LogP contribution in [0.3, 0.4) is 0 Å². The molecule has 0 radical (unpaired) electrons. The number of halogens is 1. The van der Waals surface area contributed by atoms with Crippen LogP contribution in [-0.2, 0) is 11.3 Å². The first kappa shape index (κ1) is 16.2. The van der Waals surface area contributed by atoms with Crippen LogP contribution in [0.2, 0.25) is 0 Å². The van der Waals surface area contributed by atoms with Gasteiger partial charge >= 0.3 is 0 Å². The summed E-state index contributed by atoms with van der Waals surface area (Å²) in [6.45, 7) is 4.29. The van der Waals surface area contributed by atoms with Crippen molar-refractivity contribution in [1.29, 1.82) is 0 Å². The number of piperazine rings is 1. The van der Waals surface area contributed by atoms with Crippen molar-refractivity contribution in [2.24, 2.45) is 5.92 Å². The predicted molar refractivity (Wildman–Crippen MR) is 93.3 cm³/mol. The number of hydrogen-bond acceptors (Lipinski definition) is 3. The smallest absolute Gasteiger partial charge is 0.226 e. The van der Waals surface area contributed by atoms with Crippen molar-refractivity contribution in [3.05, 3.63) is 65.7 Å². The lowest BCUT2D eigenvalue weighted by Crippen LogP contribution is -2.48. The lowest BCUT2D eigenvalue weighted by atomic mass is 10.1. The Balaban J connectivity index is 1.28. The second-order valence-corrected chi connectivity index (χ2v) is 6.96. The SMILES string of the molecule is O=C([C@H]1C[C@H]1c1ccc(F)cc1)N1CCN(Cc2ccncc2)CC1. The van der Waals surface area contributed by atoms with Crippen LogP contribution in [0.1, 0.15) is 23.5 Å². The van der Waals surface area contributed by atoms with Gasteiger partial charge in [-0.05, 0) is 47.7 Å². The van der Waals surface area contributed by atoms with Gasteiger partial charge in [0.15, 0.2) is 0 Å². The molecule has 4 nitrogen and oxygen atoms in total. The van der Waals surface area contributed by atoms with Crippen molar-refractivity contribution in [2.45, 2.75) is 18.9 Å². The highest BCUT2D eigenvalue weighted by Crippen LogP contribution is 2.48. The van der Waals surface area contributed by atoms with Gasteiger partial charge in [0.05, 0.1) is 0 Å². The van der Waals surface area contributed by atoms with Crippen LogP contribution in [0.5, 0.6) is 0 Å². The van der Waals surface area contributed by atoms with Crippen molar-refractivity contribution in [1.82, 2.24) is 14.8 Å². The molecule has 25 heavy (non-hydrogen) atoms. The van der Waals surface area contributed by atoms with Gasteiger partial charge in [-0.3, -0.25) is 14.7 Å². The van der Waals surface area contributed by atoms with Gasteiger partial charge in [-0.25, -0.2) is 4.39 Å². The highest BCUT2D eigenvalue weighted by Gasteiger charge is 2.46. The maximum atomic E-state index is 13.0. The molecule has 1 aliphatic carbocycles. The summed E-state index contributed by atoms with van der Waals surface area (Å²) in [4.78, 5) is 21.1. The summed E-state index contributed by atoms with van der Waals surface area (Å²) >= 11 is 0. The van der Waals surface area contributed by atoms with E-state index in [1.165, 1.54) is 17.7 Å². The van der Waals surface area contributed by atoms with Crippen molar-refractivity contribution in [3.8, 4) is 0 Å². The monoisotopic (exact) mass is 339 g/mol. The van der Waals surface area contributed by atoms with Crippen molar-refractivity contribution < 1.29 is 9.18 Å². The molecule has 0 unspecified atom stereocenters. The third kappa shape index (κ3) is 3.71. The average Bonchev–Trinajstić information content (AvgIpc) is 3.44. The minimum Gasteiger partial charge on any atom is -0.340 e. The van der Waals surface area contributed by atoms with E-state index in [0.29, 0.717) is 0 Å². The molecule has 5 heteroatoms. The van der Waals surface area contributed by atoms with Gasteiger partial charge in [0.25, 0.3) is 0 Å². The van der Waals surface area contributed by atoms with E-state index in [9.17, 15) is 9.18 Å². The van der Waals surface area contributed by atoms with E-state index in [-0.39, 0.29) is 23.6 Å². The lowest BCUT2D eigenvalue weighted by Gasteiger charge is -2.35. The number of amides is 1. The molecule has 2 aromatic rings. The van der Waals surface area contributed by atoms with Crippen LogP contribution in [-0.4, -0.2) is 46.9 Å². The molecule has 0 spiro atoms. The van der Waals surface area contributed by atoms with E-state index in [2.05, 4.69) is 9.88 Å². The van der Waals surface area contributed by atoms with Gasteiger partial charge in [-0.15, -0.1) is 0 Å². The summed E-state index contributed by atoms with van der Waals surface area (Å²) in [5.74, 6) is 0.385. The number of carbonyl (C=O) groups is 1. The Morgan fingerprint density at radius 2 is 1.72 bits per heavy atom. The Bertz CT molecular complexity index is 726. The van der Waals surface area contributed by atoms with Crippen LogP contribution in [0, 0.1) is 11.7 Å². The molecular formula is C20H22FN3O. The zero-order valence-corrected chi connectivity index (χ0v) is 14.1. The third-order valence-corrected chi connectivity index (χ3v) is 5.25. The van der Waals surface area contributed by atoms with Gasteiger partial charge in [-0.1, -0.05) is 12.1 Å². The molecule has 0 N–H and O–H groups in total. The van der Waals surface area contributed by atoms with Crippen LogP contribution < -0.4 is 0 Å². The van der Waals surface area contributed by atoms with Crippen LogP contribution in [0.4, 0.5) is 4.39 Å². The third-order valence-electron chi connectivity index (χ3n) is 5.25. The van der Waals surface area contributed by atoms with Gasteiger partial charge in [0.2, 0.25) is 5.91 Å². The first-order chi connectivity index (χ1) is 12.2. The van der Waals surface area contributed by atoms with Gasteiger partial charge in [0.1, 0.15) is 5.82 Å². The fraction of sp³-hybridized carbons (Fsp3) is 0.400. The summed E-state index contributed by atoms with van der Waals surface area (Å²) in [5.41, 5.74) is 2.34. The maximum Gasteiger partial charge on any atom is 0.226 e. The molecule has 1 saturated carbocycles. The Kier molecular flexibility index (Phi) is 4.49. The zero-order valence-electron chi connectivity index (χ0n) is 14.1. The second kappa shape index (κ2) is 6.92. The number of nitrogens with zero attached hydrogens (tertiary/aromatic N) is 3. The molecule has 2 fully saturated rings. The predicted octanol–water partition coefficient (Wildman–Crippen LogP) is 2.67. The molecule has 1 saturated heterocycles. The van der Waals surface area contributed by atoms with E-state index < -0.39 is 0 Å². The number of benzene rings is 1. The second-order valence-electron chi connectivity index (χ2n) is 6.96. The van der Waals surface area contributed by atoms with Crippen molar-refractivity contribution >= 4 is 5.91 Å². The topological polar surface area (TPSA) is 36.4 Å². The molecule has 1 amide bonds. The van der Waals surface area contributed by atoms with Crippen molar-refractivity contribution in [2.75, 3.05) is 26.2 Å². The molecule has 1 aromatic carbocycles. The Morgan fingerprint density at radius 1 is 1.04 bits per heavy atom. The molecule has 2 atom stereocenters. The molecule has 4 rings (SSSR count). The van der Waals surface area contributed by atoms with Gasteiger partial charge in [-0.2, -0.15) is 0 Å². The number of carbonyl (C=O) groups excluding carboxylic acids is 1. The summed E-state index contributed by atoms with van der Waals surface area (Å²) in [5, 5.41) is 0. The molecule has 2 heterocycles. The summed E-state index contributed by atoms with van der Waals surface area (Å²) in [6, 6.07) is 10.6. The number of rotatable bonds is 4. The molecule has 1 aliphatic heterocycles. The highest BCUT2D eigenvalue weighted by atomic mass is 19.1. The Morgan fingerprint density at radius 3 is 2.40 bits per heavy atom. The minimum absolute atomic E-state index is 0.0807. The quantitative estimate of drug-likeness (QED) is 0.859. The standard InChI is InChI=1S/C20H22FN3O/c21-17-3-1-16(2-4-17)18-13-19(18)20(25)24-11-9-23(10-12-24)14-15-5-7-22-8-6-15/h1-8,18-19H,9-14H2/t18-,19-/m0/s1. The van der Waals surface area contributed by atoms with E-state index in [0.717, 1.165) is 44.7 Å². The molecule has 0 bridgehead atoms. The number of aromatic nitrogens is 1. The molecule has 2 aliphatic rings. The lowest BCUT2D eigenvalue weighted by molar-refractivity contribution is -0.134. The number of pyridine rings is 1. The Hall–Kier alpha value is -2.27. The average molecular weight is 339 g/mol. The first-order valence-corrected chi connectivity index (χ1v) is 8.86. The zero-order chi connectivity index (χ0) is 17.2. The van der Waals surface area contributed by atoms with Crippen LogP contribution in [0.25, 0.3) is 0 Å². The van der Waals surface area contributed by atoms with Gasteiger partial charge < -0.3 is 4.90 Å². The summed E-state index contributed by atoms with van der Waals surface area (Å²) < 4.78 is 13.0. The summed E-state index contributed by atoms with van der Waals surface area (Å²) in [6.07, 6.45) is 4.53. The highest BCUT2D eigenvalue weighted by molar-refractivity contribution is 5.83. The Labute approximate surface area is 147 Å². The largest absolute Gasteiger partial charge is 0.340 e. The number of hydrogen-bond donors (Lipinski definition) is 0. The summed E-state index contributed by atoms with van der Waals surface area (Å²) in [7, 11) is 0.